The summed E-state index contributed by atoms with van der Waals surface area (Å²) in [5.41, 5.74) is 1.05. The zero-order chi connectivity index (χ0) is 13.3. The molecule has 0 amide bonds. The number of aryl methyl sites for hydroxylation is 1. The van der Waals surface area contributed by atoms with Crippen molar-refractivity contribution in [1.29, 1.82) is 0 Å². The first-order chi connectivity index (χ1) is 8.54. The predicted octanol–water partition coefficient (Wildman–Crippen LogP) is 3.56. The molecule has 0 bridgehead atoms. The van der Waals surface area contributed by atoms with Crippen LogP contribution in [0.25, 0.3) is 4.96 Å². The smallest absolute Gasteiger partial charge is 0.354 e. The quantitative estimate of drug-likeness (QED) is 0.900. The number of hydrogen-bond acceptors (Lipinski definition) is 3. The fourth-order valence-corrected chi connectivity index (χ4v) is 2.92. The van der Waals surface area contributed by atoms with Crippen LogP contribution in [0.3, 0.4) is 0 Å². The lowest BCUT2D eigenvalue weighted by Gasteiger charge is -2.00. The maximum Gasteiger partial charge on any atom is 0.354 e. The maximum atomic E-state index is 11.4. The number of aromatic nitrogens is 2. The van der Waals surface area contributed by atoms with Gasteiger partial charge in [0.1, 0.15) is 0 Å². The van der Waals surface area contributed by atoms with Crippen molar-refractivity contribution in [3.8, 4) is 0 Å². The number of unbranched alkanes of at least 4 members (excludes halogenated alkanes) is 1. The van der Waals surface area contributed by atoms with E-state index in [-0.39, 0.29) is 0 Å². The molecule has 98 valence electrons. The summed E-state index contributed by atoms with van der Waals surface area (Å²) in [6.07, 6.45) is 4.67. The Kier molecular flexibility index (Phi) is 3.71. The largest absolute Gasteiger partial charge is 0.477 e. The highest BCUT2D eigenvalue weighted by Crippen LogP contribution is 2.27. The molecule has 0 aromatic carbocycles. The molecule has 0 unspecified atom stereocenters. The highest BCUT2D eigenvalue weighted by molar-refractivity contribution is 7.17. The van der Waals surface area contributed by atoms with Crippen LogP contribution in [0, 0.1) is 0 Å². The molecule has 4 nitrogen and oxygen atoms in total. The van der Waals surface area contributed by atoms with Gasteiger partial charge < -0.3 is 5.11 Å². The average Bonchev–Trinajstić information content (AvgIpc) is 2.81. The van der Waals surface area contributed by atoms with Crippen LogP contribution in [0.1, 0.15) is 60.6 Å². The van der Waals surface area contributed by atoms with Crippen LogP contribution in [0.4, 0.5) is 0 Å². The summed E-state index contributed by atoms with van der Waals surface area (Å²) in [6.45, 7) is 6.29. The molecule has 2 heterocycles. The van der Waals surface area contributed by atoms with Crippen LogP contribution < -0.4 is 0 Å². The number of fused-ring (bicyclic) bond motifs is 1. The van der Waals surface area contributed by atoms with Crippen molar-refractivity contribution in [2.24, 2.45) is 0 Å². The molecule has 0 spiro atoms. The Labute approximate surface area is 110 Å². The van der Waals surface area contributed by atoms with Gasteiger partial charge in [-0.1, -0.05) is 27.2 Å². The van der Waals surface area contributed by atoms with Gasteiger partial charge in [-0.05, 0) is 18.8 Å². The van der Waals surface area contributed by atoms with Crippen molar-refractivity contribution in [2.75, 3.05) is 0 Å². The molecule has 5 heteroatoms. The van der Waals surface area contributed by atoms with Gasteiger partial charge in [-0.15, -0.1) is 11.3 Å². The van der Waals surface area contributed by atoms with Crippen molar-refractivity contribution in [1.82, 2.24) is 9.38 Å². The van der Waals surface area contributed by atoms with Gasteiger partial charge >= 0.3 is 5.97 Å². The second kappa shape index (κ2) is 5.10. The third kappa shape index (κ3) is 2.27. The highest BCUT2D eigenvalue weighted by Gasteiger charge is 2.20. The molecule has 0 fully saturated rings. The SMILES string of the molecule is CCCCc1nc2sc(C(C)C)cn2c1C(=O)O. The summed E-state index contributed by atoms with van der Waals surface area (Å²) < 4.78 is 1.73. The zero-order valence-corrected chi connectivity index (χ0v) is 11.8. The van der Waals surface area contributed by atoms with E-state index in [9.17, 15) is 9.90 Å². The second-order valence-electron chi connectivity index (χ2n) is 4.76. The number of hydrogen-bond donors (Lipinski definition) is 1. The molecule has 2 aromatic heterocycles. The molecule has 0 atom stereocenters. The molecular formula is C13H18N2O2S. The van der Waals surface area contributed by atoms with Crippen molar-refractivity contribution in [2.45, 2.75) is 46.0 Å². The Hall–Kier alpha value is -1.36. The van der Waals surface area contributed by atoms with Crippen LogP contribution in [-0.4, -0.2) is 20.5 Å². The lowest BCUT2D eigenvalue weighted by molar-refractivity contribution is 0.0688. The summed E-state index contributed by atoms with van der Waals surface area (Å²) in [6, 6.07) is 0. The summed E-state index contributed by atoms with van der Waals surface area (Å²) >= 11 is 1.58. The number of carbonyl (C=O) groups is 1. The Balaban J connectivity index is 2.50. The fraction of sp³-hybridized carbons (Fsp3) is 0.538. The van der Waals surface area contributed by atoms with Gasteiger partial charge in [-0.25, -0.2) is 9.78 Å². The molecule has 2 aromatic rings. The number of imidazole rings is 1. The monoisotopic (exact) mass is 266 g/mol. The molecule has 0 aliphatic rings. The lowest BCUT2D eigenvalue weighted by atomic mass is 10.1. The van der Waals surface area contributed by atoms with E-state index in [0.717, 1.165) is 24.2 Å². The molecule has 18 heavy (non-hydrogen) atoms. The third-order valence-corrected chi connectivity index (χ3v) is 4.24. The van der Waals surface area contributed by atoms with Crippen LogP contribution in [-0.2, 0) is 6.42 Å². The number of nitrogens with zero attached hydrogens (tertiary/aromatic N) is 2. The number of carboxylic acid groups (broad SMARTS) is 1. The predicted molar refractivity (Wildman–Crippen MR) is 72.7 cm³/mol. The summed E-state index contributed by atoms with van der Waals surface area (Å²) in [7, 11) is 0. The summed E-state index contributed by atoms with van der Waals surface area (Å²) in [5, 5.41) is 9.34. The van der Waals surface area contributed by atoms with E-state index in [1.54, 1.807) is 15.7 Å². The summed E-state index contributed by atoms with van der Waals surface area (Å²) in [5.74, 6) is -0.487. The van der Waals surface area contributed by atoms with Gasteiger partial charge in [0.15, 0.2) is 10.7 Å². The molecule has 0 saturated heterocycles. The maximum absolute atomic E-state index is 11.4. The topological polar surface area (TPSA) is 54.6 Å². The molecule has 0 saturated carbocycles. The van der Waals surface area contributed by atoms with Gasteiger partial charge in [-0.2, -0.15) is 0 Å². The average molecular weight is 266 g/mol. The molecule has 0 radical (unpaired) electrons. The molecule has 1 N–H and O–H groups in total. The molecule has 0 aliphatic heterocycles. The fourth-order valence-electron chi connectivity index (χ4n) is 1.92. The van der Waals surface area contributed by atoms with Crippen molar-refractivity contribution >= 4 is 22.3 Å². The van der Waals surface area contributed by atoms with Crippen LogP contribution >= 0.6 is 11.3 Å². The number of thiazole rings is 1. The van der Waals surface area contributed by atoms with E-state index in [4.69, 9.17) is 0 Å². The first-order valence-corrected chi connectivity index (χ1v) is 7.10. The van der Waals surface area contributed by atoms with E-state index in [0.29, 0.717) is 17.3 Å². The minimum absolute atomic E-state index is 0.335. The molecular weight excluding hydrogens is 248 g/mol. The Morgan fingerprint density at radius 1 is 1.56 bits per heavy atom. The Morgan fingerprint density at radius 2 is 2.28 bits per heavy atom. The normalized spacial score (nSPS) is 11.6. The number of rotatable bonds is 5. The minimum Gasteiger partial charge on any atom is -0.477 e. The third-order valence-electron chi connectivity index (χ3n) is 2.96. The second-order valence-corrected chi connectivity index (χ2v) is 5.80. The van der Waals surface area contributed by atoms with Gasteiger partial charge in [0.25, 0.3) is 0 Å². The Morgan fingerprint density at radius 3 is 2.83 bits per heavy atom. The van der Waals surface area contributed by atoms with Crippen molar-refractivity contribution < 1.29 is 9.90 Å². The first-order valence-electron chi connectivity index (χ1n) is 6.28. The Bertz CT molecular complexity index is 569. The van der Waals surface area contributed by atoms with Gasteiger partial charge in [0.2, 0.25) is 0 Å². The number of aromatic carboxylic acids is 1. The highest BCUT2D eigenvalue weighted by atomic mass is 32.1. The van der Waals surface area contributed by atoms with Crippen LogP contribution in [0.2, 0.25) is 0 Å². The summed E-state index contributed by atoms with van der Waals surface area (Å²) in [4.78, 5) is 17.8. The zero-order valence-electron chi connectivity index (χ0n) is 10.9. The van der Waals surface area contributed by atoms with Gasteiger partial charge in [-0.3, -0.25) is 4.40 Å². The minimum atomic E-state index is -0.887. The van der Waals surface area contributed by atoms with Gasteiger partial charge in [0, 0.05) is 11.1 Å². The van der Waals surface area contributed by atoms with Crippen LogP contribution in [0.15, 0.2) is 6.20 Å². The van der Waals surface area contributed by atoms with E-state index >= 15 is 0 Å². The first kappa shape index (κ1) is 13.1. The van der Waals surface area contributed by atoms with Crippen LogP contribution in [0.5, 0.6) is 0 Å². The van der Waals surface area contributed by atoms with Crippen molar-refractivity contribution in [3.05, 3.63) is 22.5 Å². The van der Waals surface area contributed by atoms with Crippen molar-refractivity contribution in [3.63, 3.8) is 0 Å². The standard InChI is InChI=1S/C13H18N2O2S/c1-4-5-6-9-11(12(16)17)15-7-10(8(2)3)18-13(15)14-9/h7-8H,4-6H2,1-3H3,(H,16,17). The van der Waals surface area contributed by atoms with Gasteiger partial charge in [0.05, 0.1) is 5.69 Å². The van der Waals surface area contributed by atoms with E-state index in [1.807, 2.05) is 6.20 Å². The molecule has 2 rings (SSSR count). The van der Waals surface area contributed by atoms with E-state index in [1.165, 1.54) is 4.88 Å². The van der Waals surface area contributed by atoms with E-state index < -0.39 is 5.97 Å². The van der Waals surface area contributed by atoms with E-state index in [2.05, 4.69) is 25.8 Å². The number of carboxylic acids is 1. The lowest BCUT2D eigenvalue weighted by Crippen LogP contribution is -2.05. The molecule has 0 aliphatic carbocycles.